The number of hydrogen-bond donors (Lipinski definition) is 0. The van der Waals surface area contributed by atoms with Gasteiger partial charge in [-0.1, -0.05) is 50.2 Å². The molecule has 0 unspecified atom stereocenters. The highest BCUT2D eigenvalue weighted by Crippen LogP contribution is 2.32. The summed E-state index contributed by atoms with van der Waals surface area (Å²) in [6.45, 7) is 4.71. The van der Waals surface area contributed by atoms with Gasteiger partial charge in [0.2, 0.25) is 0 Å². The Kier molecular flexibility index (Phi) is 4.98. The van der Waals surface area contributed by atoms with Gasteiger partial charge in [-0.25, -0.2) is 4.98 Å². The van der Waals surface area contributed by atoms with E-state index in [2.05, 4.69) is 31.0 Å². The fourth-order valence-electron chi connectivity index (χ4n) is 3.28. The van der Waals surface area contributed by atoms with Crippen molar-refractivity contribution in [3.63, 3.8) is 0 Å². The number of hydrogen-bond acceptors (Lipinski definition) is 5. The Morgan fingerprint density at radius 1 is 1.17 bits per heavy atom. The van der Waals surface area contributed by atoms with Gasteiger partial charge in [0.05, 0.1) is 23.2 Å². The highest BCUT2D eigenvalue weighted by atomic mass is 32.1. The molecule has 0 aliphatic carbocycles. The van der Waals surface area contributed by atoms with E-state index in [1.807, 2.05) is 17.5 Å². The van der Waals surface area contributed by atoms with Crippen molar-refractivity contribution < 1.29 is 4.92 Å². The summed E-state index contributed by atoms with van der Waals surface area (Å²) in [6, 6.07) is 14.5. The van der Waals surface area contributed by atoms with E-state index in [9.17, 15) is 14.9 Å². The van der Waals surface area contributed by atoms with Crippen LogP contribution in [-0.2, 0) is 6.54 Å². The molecule has 0 amide bonds. The summed E-state index contributed by atoms with van der Waals surface area (Å²) in [6.07, 6.45) is 1.56. The highest BCUT2D eigenvalue weighted by Gasteiger charge is 2.15. The quantitative estimate of drug-likeness (QED) is 0.337. The van der Waals surface area contributed by atoms with Gasteiger partial charge in [0.1, 0.15) is 4.83 Å². The summed E-state index contributed by atoms with van der Waals surface area (Å²) in [5, 5.41) is 13.4. The van der Waals surface area contributed by atoms with E-state index in [-0.39, 0.29) is 11.2 Å². The third-order valence-corrected chi connectivity index (χ3v) is 5.81. The van der Waals surface area contributed by atoms with Crippen LogP contribution in [0.15, 0.2) is 65.0 Å². The van der Waals surface area contributed by atoms with Crippen molar-refractivity contribution >= 4 is 27.2 Å². The topological polar surface area (TPSA) is 78.0 Å². The molecular formula is C22H19N3O3S. The molecule has 146 valence electrons. The minimum Gasteiger partial charge on any atom is -0.294 e. The van der Waals surface area contributed by atoms with E-state index in [0.29, 0.717) is 33.8 Å². The molecule has 0 fully saturated rings. The molecule has 2 heterocycles. The van der Waals surface area contributed by atoms with Crippen LogP contribution in [-0.4, -0.2) is 14.5 Å². The SMILES string of the molecule is CC(C)c1ccc(Cn2cnc3scc(-c4cccc([N+](=O)[O-])c4)c3c2=O)cc1. The molecule has 0 atom stereocenters. The van der Waals surface area contributed by atoms with Gasteiger partial charge in [0, 0.05) is 23.1 Å². The van der Waals surface area contributed by atoms with Crippen molar-refractivity contribution in [3.8, 4) is 11.1 Å². The molecule has 6 nitrogen and oxygen atoms in total. The van der Waals surface area contributed by atoms with Crippen LogP contribution in [0.5, 0.6) is 0 Å². The second-order valence-electron chi connectivity index (χ2n) is 7.21. The van der Waals surface area contributed by atoms with Gasteiger partial charge >= 0.3 is 0 Å². The Morgan fingerprint density at radius 2 is 1.93 bits per heavy atom. The minimum absolute atomic E-state index is 0.00342. The Balaban J connectivity index is 1.76. The summed E-state index contributed by atoms with van der Waals surface area (Å²) in [4.78, 5) is 28.9. The first-order chi connectivity index (χ1) is 13.9. The summed E-state index contributed by atoms with van der Waals surface area (Å²) in [5.41, 5.74) is 3.44. The van der Waals surface area contributed by atoms with E-state index >= 15 is 0 Å². The standard InChI is InChI=1S/C22H19N3O3S/c1-14(2)16-8-6-15(7-9-16)11-24-13-23-21-20(22(24)26)19(12-29-21)17-4-3-5-18(10-17)25(27)28/h3-10,12-14H,11H2,1-2H3. The van der Waals surface area contributed by atoms with Crippen molar-refractivity contribution in [2.75, 3.05) is 0 Å². The molecule has 29 heavy (non-hydrogen) atoms. The Hall–Kier alpha value is -3.32. The molecule has 0 bridgehead atoms. The normalized spacial score (nSPS) is 11.3. The second-order valence-corrected chi connectivity index (χ2v) is 8.07. The Bertz CT molecular complexity index is 1260. The first-order valence-corrected chi connectivity index (χ1v) is 10.1. The van der Waals surface area contributed by atoms with Crippen LogP contribution in [0.3, 0.4) is 0 Å². The van der Waals surface area contributed by atoms with Crippen molar-refractivity contribution in [2.45, 2.75) is 26.3 Å². The maximum atomic E-state index is 13.2. The summed E-state index contributed by atoms with van der Waals surface area (Å²) < 4.78 is 1.58. The van der Waals surface area contributed by atoms with Gasteiger partial charge in [-0.05, 0) is 22.6 Å². The van der Waals surface area contributed by atoms with Gasteiger partial charge in [0.25, 0.3) is 11.2 Å². The molecule has 2 aromatic heterocycles. The van der Waals surface area contributed by atoms with Crippen LogP contribution in [0.25, 0.3) is 21.3 Å². The third kappa shape index (κ3) is 3.69. The number of non-ortho nitro benzene ring substituents is 1. The van der Waals surface area contributed by atoms with E-state index in [1.165, 1.54) is 29.0 Å². The van der Waals surface area contributed by atoms with Crippen molar-refractivity contribution in [1.29, 1.82) is 0 Å². The average molecular weight is 405 g/mol. The van der Waals surface area contributed by atoms with Crippen LogP contribution < -0.4 is 5.56 Å². The van der Waals surface area contributed by atoms with Crippen molar-refractivity contribution in [2.24, 2.45) is 0 Å². The number of nitro benzene ring substituents is 1. The smallest absolute Gasteiger partial charge is 0.270 e. The number of aromatic nitrogens is 2. The van der Waals surface area contributed by atoms with Crippen LogP contribution in [0.4, 0.5) is 5.69 Å². The van der Waals surface area contributed by atoms with Crippen LogP contribution in [0.2, 0.25) is 0 Å². The van der Waals surface area contributed by atoms with E-state index < -0.39 is 4.92 Å². The predicted octanol–water partition coefficient (Wildman–Crippen LogP) is 5.20. The molecule has 0 radical (unpaired) electrons. The van der Waals surface area contributed by atoms with E-state index in [0.717, 1.165) is 5.56 Å². The van der Waals surface area contributed by atoms with E-state index in [1.54, 1.807) is 23.0 Å². The van der Waals surface area contributed by atoms with Crippen molar-refractivity contribution in [3.05, 3.63) is 91.8 Å². The number of benzene rings is 2. The number of nitrogens with zero attached hydrogens (tertiary/aromatic N) is 3. The average Bonchev–Trinajstić information content (AvgIpc) is 3.15. The summed E-state index contributed by atoms with van der Waals surface area (Å²) in [7, 11) is 0. The molecule has 0 aliphatic heterocycles. The zero-order valence-corrected chi connectivity index (χ0v) is 16.8. The maximum absolute atomic E-state index is 13.2. The highest BCUT2D eigenvalue weighted by molar-refractivity contribution is 7.17. The molecule has 0 aliphatic rings. The number of rotatable bonds is 5. The first-order valence-electron chi connectivity index (χ1n) is 9.24. The molecule has 4 aromatic rings. The molecular weight excluding hydrogens is 386 g/mol. The first kappa shape index (κ1) is 19.0. The van der Waals surface area contributed by atoms with Crippen LogP contribution in [0, 0.1) is 10.1 Å². The molecule has 0 spiro atoms. The lowest BCUT2D eigenvalue weighted by atomic mass is 10.0. The Labute approximate surface area is 171 Å². The van der Waals surface area contributed by atoms with Crippen LogP contribution >= 0.6 is 11.3 Å². The second kappa shape index (κ2) is 7.60. The lowest BCUT2D eigenvalue weighted by molar-refractivity contribution is -0.384. The summed E-state index contributed by atoms with van der Waals surface area (Å²) >= 11 is 1.36. The van der Waals surface area contributed by atoms with Crippen LogP contribution in [0.1, 0.15) is 30.9 Å². The number of nitro groups is 1. The van der Waals surface area contributed by atoms with Crippen molar-refractivity contribution in [1.82, 2.24) is 9.55 Å². The minimum atomic E-state index is -0.435. The number of thiophene rings is 1. The monoisotopic (exact) mass is 405 g/mol. The fraction of sp³-hybridized carbons (Fsp3) is 0.182. The third-order valence-electron chi connectivity index (χ3n) is 4.93. The van der Waals surface area contributed by atoms with Gasteiger partial charge in [0.15, 0.2) is 0 Å². The zero-order valence-electron chi connectivity index (χ0n) is 16.0. The predicted molar refractivity (Wildman–Crippen MR) is 116 cm³/mol. The number of fused-ring (bicyclic) bond motifs is 1. The van der Waals surface area contributed by atoms with E-state index in [4.69, 9.17) is 0 Å². The lowest BCUT2D eigenvalue weighted by Gasteiger charge is -2.09. The Morgan fingerprint density at radius 3 is 2.62 bits per heavy atom. The van der Waals surface area contributed by atoms with Gasteiger partial charge in [-0.2, -0.15) is 0 Å². The maximum Gasteiger partial charge on any atom is 0.270 e. The van der Waals surface area contributed by atoms with Gasteiger partial charge < -0.3 is 0 Å². The largest absolute Gasteiger partial charge is 0.294 e. The molecule has 0 saturated carbocycles. The molecule has 0 saturated heterocycles. The molecule has 4 rings (SSSR count). The molecule has 0 N–H and O–H groups in total. The molecule has 7 heteroatoms. The zero-order chi connectivity index (χ0) is 20.5. The molecule has 2 aromatic carbocycles. The fourth-order valence-corrected chi connectivity index (χ4v) is 4.19. The lowest BCUT2D eigenvalue weighted by Crippen LogP contribution is -2.21. The van der Waals surface area contributed by atoms with Gasteiger partial charge in [-0.3, -0.25) is 19.5 Å². The van der Waals surface area contributed by atoms with Gasteiger partial charge in [-0.15, -0.1) is 11.3 Å². The summed E-state index contributed by atoms with van der Waals surface area (Å²) in [5.74, 6) is 0.452.